The molecule has 0 bridgehead atoms. The van der Waals surface area contributed by atoms with E-state index in [9.17, 15) is 21.6 Å². The Balaban J connectivity index is 1.42. The third-order valence-corrected chi connectivity index (χ3v) is 9.88. The molecule has 3 aromatic rings. The molecule has 2 unspecified atom stereocenters. The van der Waals surface area contributed by atoms with Crippen LogP contribution in [0.5, 0.6) is 0 Å². The minimum atomic E-state index is -4.56. The molecule has 2 atom stereocenters. The normalized spacial score (nSPS) is 21.8. The summed E-state index contributed by atoms with van der Waals surface area (Å²) in [6.07, 6.45) is 1.16. The van der Waals surface area contributed by atoms with E-state index in [-0.39, 0.29) is 10.6 Å². The number of alkyl halides is 3. The van der Waals surface area contributed by atoms with Gasteiger partial charge in [-0.1, -0.05) is 67.4 Å². The molecule has 5 rings (SSSR count). The molecule has 4 nitrogen and oxygen atoms in total. The summed E-state index contributed by atoms with van der Waals surface area (Å²) in [5.41, 5.74) is 0.548. The lowest BCUT2D eigenvalue weighted by Crippen LogP contribution is -2.51. The Morgan fingerprint density at radius 1 is 0.763 bits per heavy atom. The first-order valence-corrected chi connectivity index (χ1v) is 14.7. The van der Waals surface area contributed by atoms with Crippen molar-refractivity contribution in [2.75, 3.05) is 17.4 Å². The van der Waals surface area contributed by atoms with Crippen LogP contribution >= 0.6 is 0 Å². The van der Waals surface area contributed by atoms with Crippen LogP contribution in [0.3, 0.4) is 0 Å². The second-order valence-electron chi connectivity index (χ2n) is 10.3. The summed E-state index contributed by atoms with van der Waals surface area (Å²) >= 11 is 0. The van der Waals surface area contributed by atoms with Gasteiger partial charge in [-0.3, -0.25) is 9.21 Å². The smallest absolute Gasteiger partial charge is 0.300 e. The van der Waals surface area contributed by atoms with Crippen LogP contribution in [0.2, 0.25) is 0 Å². The van der Waals surface area contributed by atoms with E-state index in [2.05, 4.69) is 29.2 Å². The van der Waals surface area contributed by atoms with Crippen LogP contribution in [-0.2, 0) is 16.2 Å². The molecule has 8 heteroatoms. The summed E-state index contributed by atoms with van der Waals surface area (Å²) in [6.45, 7) is 1.41. The molecule has 3 aromatic carbocycles. The Labute approximate surface area is 223 Å². The quantitative estimate of drug-likeness (QED) is 0.334. The molecule has 0 N–H and O–H groups in total. The molecule has 0 radical (unpaired) electrons. The number of anilines is 1. The zero-order chi connectivity index (χ0) is 26.8. The van der Waals surface area contributed by atoms with Gasteiger partial charge in [-0.2, -0.15) is 13.2 Å². The third kappa shape index (κ3) is 5.61. The van der Waals surface area contributed by atoms with Crippen LogP contribution in [0, 0.1) is 0 Å². The van der Waals surface area contributed by atoms with Crippen LogP contribution in [0.4, 0.5) is 18.9 Å². The van der Waals surface area contributed by atoms with Crippen molar-refractivity contribution in [3.8, 4) is 0 Å². The highest BCUT2D eigenvalue weighted by Crippen LogP contribution is 2.39. The van der Waals surface area contributed by atoms with Crippen LogP contribution in [0.25, 0.3) is 0 Å². The highest BCUT2D eigenvalue weighted by Gasteiger charge is 2.39. The molecule has 2 aliphatic rings. The average Bonchev–Trinajstić information content (AvgIpc) is 2.94. The van der Waals surface area contributed by atoms with Gasteiger partial charge in [0.15, 0.2) is 0 Å². The molecule has 1 saturated heterocycles. The van der Waals surface area contributed by atoms with Crippen LogP contribution < -0.4 is 4.31 Å². The molecular formula is C30H33F3N2O2S. The van der Waals surface area contributed by atoms with Gasteiger partial charge in [0, 0.05) is 25.2 Å². The number of piperidine rings is 1. The van der Waals surface area contributed by atoms with Gasteiger partial charge in [0.1, 0.15) is 0 Å². The van der Waals surface area contributed by atoms with Crippen LogP contribution in [-0.4, -0.2) is 38.5 Å². The first-order valence-electron chi connectivity index (χ1n) is 13.3. The predicted octanol–water partition coefficient (Wildman–Crippen LogP) is 7.09. The van der Waals surface area contributed by atoms with Crippen LogP contribution in [0.1, 0.15) is 55.6 Å². The lowest BCUT2D eigenvalue weighted by Gasteiger charge is -2.45. The zero-order valence-electron chi connectivity index (χ0n) is 21.2. The van der Waals surface area contributed by atoms with Gasteiger partial charge >= 0.3 is 6.18 Å². The summed E-state index contributed by atoms with van der Waals surface area (Å²) in [5, 5.41) is 0. The maximum atomic E-state index is 13.8. The lowest BCUT2D eigenvalue weighted by atomic mass is 9.78. The summed E-state index contributed by atoms with van der Waals surface area (Å²) in [4.78, 5) is 2.56. The summed E-state index contributed by atoms with van der Waals surface area (Å²) in [7, 11) is -4.06. The van der Waals surface area contributed by atoms with Crippen molar-refractivity contribution in [1.29, 1.82) is 0 Å². The highest BCUT2D eigenvalue weighted by molar-refractivity contribution is 7.92. The van der Waals surface area contributed by atoms with E-state index in [4.69, 9.17) is 0 Å². The van der Waals surface area contributed by atoms with Gasteiger partial charge in [0.25, 0.3) is 10.0 Å². The van der Waals surface area contributed by atoms with E-state index >= 15 is 0 Å². The summed E-state index contributed by atoms with van der Waals surface area (Å²) in [5.74, 6) is 0.439. The van der Waals surface area contributed by atoms with E-state index in [0.29, 0.717) is 37.9 Å². The number of hydrogen-bond donors (Lipinski definition) is 0. The van der Waals surface area contributed by atoms with Gasteiger partial charge in [0.05, 0.1) is 16.1 Å². The molecule has 1 heterocycles. The number of rotatable bonds is 6. The maximum absolute atomic E-state index is 13.8. The minimum absolute atomic E-state index is 0.0574. The predicted molar refractivity (Wildman–Crippen MR) is 144 cm³/mol. The molecule has 1 aliphatic carbocycles. The Bertz CT molecular complexity index is 1310. The SMILES string of the molecule is O=S(=O)(c1ccccc1)N(c1cccc(C(F)(F)F)c1)C1CCN(C2CCCCC2c2ccccc2)CC1. The van der Waals surface area contributed by atoms with E-state index < -0.39 is 27.8 Å². The molecule has 0 aromatic heterocycles. The largest absolute Gasteiger partial charge is 0.416 e. The van der Waals surface area contributed by atoms with Gasteiger partial charge < -0.3 is 0 Å². The van der Waals surface area contributed by atoms with Crippen LogP contribution in [0.15, 0.2) is 89.8 Å². The molecule has 0 amide bonds. The van der Waals surface area contributed by atoms with Crippen molar-refractivity contribution in [3.05, 3.63) is 96.1 Å². The van der Waals surface area contributed by atoms with Crippen molar-refractivity contribution in [3.63, 3.8) is 0 Å². The second kappa shape index (κ2) is 11.1. The molecule has 1 saturated carbocycles. The number of sulfonamides is 1. The standard InChI is InChI=1S/C30H33F3N2O2S/c31-30(32,33)24-12-9-13-26(22-24)35(38(36,37)27-14-5-2-6-15-27)25-18-20-34(21-19-25)29-17-8-7-16-28(29)23-10-3-1-4-11-23/h1-6,9-15,22,25,28-29H,7-8,16-21H2. The number of benzene rings is 3. The van der Waals surface area contributed by atoms with E-state index in [1.165, 1.54) is 47.0 Å². The van der Waals surface area contributed by atoms with E-state index in [0.717, 1.165) is 25.0 Å². The molecule has 2 fully saturated rings. The molecule has 0 spiro atoms. The number of halogens is 3. The fourth-order valence-electron chi connectivity index (χ4n) is 6.16. The third-order valence-electron chi connectivity index (χ3n) is 7.98. The summed E-state index contributed by atoms with van der Waals surface area (Å²) < 4.78 is 69.6. The maximum Gasteiger partial charge on any atom is 0.416 e. The first kappa shape index (κ1) is 26.8. The number of nitrogens with zero attached hydrogens (tertiary/aromatic N) is 2. The Hall–Kier alpha value is -2.84. The van der Waals surface area contributed by atoms with Crippen molar-refractivity contribution in [2.45, 2.75) is 67.6 Å². The molecular weight excluding hydrogens is 509 g/mol. The van der Waals surface area contributed by atoms with Gasteiger partial charge in [-0.05, 0) is 67.5 Å². The van der Waals surface area contributed by atoms with E-state index in [1.54, 1.807) is 18.2 Å². The lowest BCUT2D eigenvalue weighted by molar-refractivity contribution is -0.137. The van der Waals surface area contributed by atoms with E-state index in [1.807, 2.05) is 6.07 Å². The fourth-order valence-corrected chi connectivity index (χ4v) is 7.88. The fraction of sp³-hybridized carbons (Fsp3) is 0.400. The van der Waals surface area contributed by atoms with Crippen molar-refractivity contribution in [1.82, 2.24) is 4.90 Å². The number of likely N-dealkylation sites (tertiary alicyclic amines) is 1. The van der Waals surface area contributed by atoms with Gasteiger partial charge in [-0.25, -0.2) is 8.42 Å². The monoisotopic (exact) mass is 542 g/mol. The first-order chi connectivity index (χ1) is 18.2. The Morgan fingerprint density at radius 2 is 1.39 bits per heavy atom. The molecule has 202 valence electrons. The Kier molecular flexibility index (Phi) is 7.82. The second-order valence-corrected chi connectivity index (χ2v) is 12.1. The summed E-state index contributed by atoms with van der Waals surface area (Å²) in [6, 6.07) is 23.2. The van der Waals surface area contributed by atoms with Gasteiger partial charge in [-0.15, -0.1) is 0 Å². The number of hydrogen-bond acceptors (Lipinski definition) is 3. The molecule has 38 heavy (non-hydrogen) atoms. The van der Waals surface area contributed by atoms with Crippen molar-refractivity contribution >= 4 is 15.7 Å². The minimum Gasteiger partial charge on any atom is -0.300 e. The highest BCUT2D eigenvalue weighted by atomic mass is 32.2. The zero-order valence-corrected chi connectivity index (χ0v) is 22.0. The Morgan fingerprint density at radius 3 is 2.05 bits per heavy atom. The van der Waals surface area contributed by atoms with Crippen molar-refractivity contribution in [2.24, 2.45) is 0 Å². The average molecular weight is 543 g/mol. The van der Waals surface area contributed by atoms with Gasteiger partial charge in [0.2, 0.25) is 0 Å². The van der Waals surface area contributed by atoms with Crippen molar-refractivity contribution < 1.29 is 21.6 Å². The topological polar surface area (TPSA) is 40.6 Å². The molecule has 1 aliphatic heterocycles.